The van der Waals surface area contributed by atoms with Crippen LogP contribution in [0, 0.1) is 0 Å². The van der Waals surface area contributed by atoms with Gasteiger partial charge in [-0.25, -0.2) is 4.79 Å². The fourth-order valence-electron chi connectivity index (χ4n) is 1.71. The zero-order valence-corrected chi connectivity index (χ0v) is 14.0. The average molecular weight is 399 g/mol. The van der Waals surface area contributed by atoms with Gasteiger partial charge in [0, 0.05) is 21.2 Å². The van der Waals surface area contributed by atoms with E-state index < -0.39 is 0 Å². The number of nitrogens with one attached hydrogen (secondary N) is 1. The molecule has 20 heavy (non-hydrogen) atoms. The number of hydrogen-bond acceptors (Lipinski definition) is 3. The van der Waals surface area contributed by atoms with Gasteiger partial charge in [-0.1, -0.05) is 28.1 Å². The van der Waals surface area contributed by atoms with E-state index in [1.54, 1.807) is 12.1 Å². The van der Waals surface area contributed by atoms with E-state index in [2.05, 4.69) is 41.9 Å². The first-order valence-corrected chi connectivity index (χ1v) is 7.55. The summed E-state index contributed by atoms with van der Waals surface area (Å²) in [5, 5.41) is 3.34. The maximum absolute atomic E-state index is 11.3. The van der Waals surface area contributed by atoms with Crippen molar-refractivity contribution in [3.8, 4) is 0 Å². The number of carbonyl (C=O) groups excluding carboxylic acids is 1. The molecule has 1 N–H and O–H groups in total. The van der Waals surface area contributed by atoms with Crippen LogP contribution in [0.15, 0.2) is 51.4 Å². The van der Waals surface area contributed by atoms with Gasteiger partial charge in [0.15, 0.2) is 0 Å². The molecule has 2 aromatic rings. The molecule has 0 aliphatic heterocycles. The van der Waals surface area contributed by atoms with Crippen molar-refractivity contribution in [3.05, 3.63) is 62.5 Å². The minimum Gasteiger partial charge on any atom is -0.465 e. The maximum Gasteiger partial charge on any atom is 0.337 e. The number of halogens is 2. The van der Waals surface area contributed by atoms with E-state index in [-0.39, 0.29) is 5.97 Å². The van der Waals surface area contributed by atoms with Crippen LogP contribution in [0.2, 0.25) is 0 Å². The molecular weight excluding hydrogens is 386 g/mol. The number of rotatable bonds is 4. The lowest BCUT2D eigenvalue weighted by molar-refractivity contribution is 0.0600. The normalized spacial score (nSPS) is 10.2. The van der Waals surface area contributed by atoms with Crippen molar-refractivity contribution in [2.45, 2.75) is 6.54 Å². The van der Waals surface area contributed by atoms with E-state index in [0.717, 1.165) is 20.2 Å². The summed E-state index contributed by atoms with van der Waals surface area (Å²) < 4.78 is 6.69. The molecule has 0 spiro atoms. The minimum absolute atomic E-state index is 0.320. The average Bonchev–Trinajstić information content (AvgIpc) is 2.48. The van der Waals surface area contributed by atoms with Crippen molar-refractivity contribution in [2.75, 3.05) is 12.4 Å². The molecule has 2 rings (SSSR count). The lowest BCUT2D eigenvalue weighted by Crippen LogP contribution is -2.03. The van der Waals surface area contributed by atoms with Crippen LogP contribution in [-0.4, -0.2) is 13.1 Å². The molecule has 104 valence electrons. The minimum atomic E-state index is -0.320. The fraction of sp³-hybridized carbons (Fsp3) is 0.133. The van der Waals surface area contributed by atoms with Crippen LogP contribution in [0.25, 0.3) is 0 Å². The SMILES string of the molecule is COC(=O)c1ccc(CNc2cc(Br)ccc2Br)cc1. The first-order chi connectivity index (χ1) is 9.60. The predicted octanol–water partition coefficient (Wildman–Crippen LogP) is 4.61. The first kappa shape index (κ1) is 15.1. The number of anilines is 1. The van der Waals surface area contributed by atoms with Crippen LogP contribution in [0.3, 0.4) is 0 Å². The van der Waals surface area contributed by atoms with Crippen molar-refractivity contribution < 1.29 is 9.53 Å². The predicted molar refractivity (Wildman–Crippen MR) is 87.0 cm³/mol. The van der Waals surface area contributed by atoms with Gasteiger partial charge in [0.25, 0.3) is 0 Å². The summed E-state index contributed by atoms with van der Waals surface area (Å²) in [4.78, 5) is 11.3. The monoisotopic (exact) mass is 397 g/mol. The largest absolute Gasteiger partial charge is 0.465 e. The highest BCUT2D eigenvalue weighted by atomic mass is 79.9. The Morgan fingerprint density at radius 3 is 2.50 bits per heavy atom. The van der Waals surface area contributed by atoms with Gasteiger partial charge in [0.05, 0.1) is 12.7 Å². The van der Waals surface area contributed by atoms with Gasteiger partial charge in [-0.15, -0.1) is 0 Å². The molecule has 5 heteroatoms. The van der Waals surface area contributed by atoms with Gasteiger partial charge in [-0.05, 0) is 51.8 Å². The summed E-state index contributed by atoms with van der Waals surface area (Å²) in [6.45, 7) is 0.677. The Hall–Kier alpha value is -1.33. The van der Waals surface area contributed by atoms with Crippen molar-refractivity contribution in [2.24, 2.45) is 0 Å². The molecule has 0 radical (unpaired) electrons. The summed E-state index contributed by atoms with van der Waals surface area (Å²) in [6, 6.07) is 13.3. The second-order valence-electron chi connectivity index (χ2n) is 4.17. The summed E-state index contributed by atoms with van der Waals surface area (Å²) >= 11 is 6.94. The van der Waals surface area contributed by atoms with Crippen molar-refractivity contribution in [3.63, 3.8) is 0 Å². The Morgan fingerprint density at radius 2 is 1.85 bits per heavy atom. The van der Waals surface area contributed by atoms with Gasteiger partial charge < -0.3 is 10.1 Å². The van der Waals surface area contributed by atoms with Gasteiger partial charge in [-0.3, -0.25) is 0 Å². The molecule has 0 saturated heterocycles. The smallest absolute Gasteiger partial charge is 0.337 e. The van der Waals surface area contributed by atoms with E-state index in [0.29, 0.717) is 12.1 Å². The Balaban J connectivity index is 2.04. The van der Waals surface area contributed by atoms with Crippen LogP contribution >= 0.6 is 31.9 Å². The molecule has 0 aromatic heterocycles. The lowest BCUT2D eigenvalue weighted by Gasteiger charge is -2.09. The van der Waals surface area contributed by atoms with Gasteiger partial charge in [0.1, 0.15) is 0 Å². The van der Waals surface area contributed by atoms with Crippen LogP contribution in [-0.2, 0) is 11.3 Å². The third-order valence-electron chi connectivity index (χ3n) is 2.79. The molecule has 3 nitrogen and oxygen atoms in total. The van der Waals surface area contributed by atoms with E-state index in [1.165, 1.54) is 7.11 Å². The number of esters is 1. The molecule has 0 bridgehead atoms. The first-order valence-electron chi connectivity index (χ1n) is 5.96. The molecule has 0 fully saturated rings. The molecule has 2 aromatic carbocycles. The summed E-state index contributed by atoms with van der Waals surface area (Å²) in [5.41, 5.74) is 2.65. The van der Waals surface area contributed by atoms with E-state index in [9.17, 15) is 4.79 Å². The lowest BCUT2D eigenvalue weighted by atomic mass is 10.1. The number of ether oxygens (including phenoxy) is 1. The highest BCUT2D eigenvalue weighted by Gasteiger charge is 2.05. The molecule has 0 unspecified atom stereocenters. The summed E-state index contributed by atoms with van der Waals surface area (Å²) in [7, 11) is 1.38. The highest BCUT2D eigenvalue weighted by molar-refractivity contribution is 9.11. The second-order valence-corrected chi connectivity index (χ2v) is 5.94. The van der Waals surface area contributed by atoms with Crippen molar-refractivity contribution in [1.29, 1.82) is 0 Å². The Morgan fingerprint density at radius 1 is 1.15 bits per heavy atom. The molecule has 0 amide bonds. The number of methoxy groups -OCH3 is 1. The summed E-state index contributed by atoms with van der Waals surface area (Å²) in [5.74, 6) is -0.320. The number of hydrogen-bond donors (Lipinski definition) is 1. The Kier molecular flexibility index (Phi) is 5.20. The Bertz CT molecular complexity index is 612. The molecule has 0 saturated carbocycles. The molecular formula is C15H13Br2NO2. The zero-order valence-electron chi connectivity index (χ0n) is 10.8. The molecule has 0 atom stereocenters. The van der Waals surface area contributed by atoms with E-state index in [4.69, 9.17) is 0 Å². The van der Waals surface area contributed by atoms with Crippen LogP contribution in [0.1, 0.15) is 15.9 Å². The Labute approximate surface area is 134 Å². The molecule has 0 aliphatic rings. The standard InChI is InChI=1S/C15H13Br2NO2/c1-20-15(19)11-4-2-10(3-5-11)9-18-14-8-12(16)6-7-13(14)17/h2-8,18H,9H2,1H3. The molecule has 0 aliphatic carbocycles. The third kappa shape index (κ3) is 3.84. The van der Waals surface area contributed by atoms with E-state index >= 15 is 0 Å². The maximum atomic E-state index is 11.3. The van der Waals surface area contributed by atoms with Crippen LogP contribution in [0.5, 0.6) is 0 Å². The summed E-state index contributed by atoms with van der Waals surface area (Å²) in [6.07, 6.45) is 0. The van der Waals surface area contributed by atoms with E-state index in [1.807, 2.05) is 30.3 Å². The van der Waals surface area contributed by atoms with Crippen LogP contribution < -0.4 is 5.32 Å². The fourth-order valence-corrected chi connectivity index (χ4v) is 2.45. The number of carbonyl (C=O) groups is 1. The molecule has 0 heterocycles. The van der Waals surface area contributed by atoms with Crippen molar-refractivity contribution in [1.82, 2.24) is 0 Å². The third-order valence-corrected chi connectivity index (χ3v) is 3.97. The van der Waals surface area contributed by atoms with Gasteiger partial charge >= 0.3 is 5.97 Å². The number of benzene rings is 2. The highest BCUT2D eigenvalue weighted by Crippen LogP contribution is 2.26. The quantitative estimate of drug-likeness (QED) is 0.764. The van der Waals surface area contributed by atoms with Crippen molar-refractivity contribution >= 4 is 43.5 Å². The zero-order chi connectivity index (χ0) is 14.5. The van der Waals surface area contributed by atoms with Gasteiger partial charge in [0.2, 0.25) is 0 Å². The van der Waals surface area contributed by atoms with Crippen LogP contribution in [0.4, 0.5) is 5.69 Å². The topological polar surface area (TPSA) is 38.3 Å². The van der Waals surface area contributed by atoms with Gasteiger partial charge in [-0.2, -0.15) is 0 Å². The second kappa shape index (κ2) is 6.90.